The maximum atomic E-state index is 13.3. The minimum Gasteiger partial charge on any atom is -0.497 e. The first kappa shape index (κ1) is 25.9. The van der Waals surface area contributed by atoms with Gasteiger partial charge >= 0.3 is 0 Å². The zero-order valence-electron chi connectivity index (χ0n) is 20.7. The van der Waals surface area contributed by atoms with Crippen LogP contribution in [-0.4, -0.2) is 59.2 Å². The van der Waals surface area contributed by atoms with Gasteiger partial charge in [-0.05, 0) is 56.5 Å². The number of rotatable bonds is 11. The van der Waals surface area contributed by atoms with Crippen LogP contribution in [0.4, 0.5) is 0 Å². The van der Waals surface area contributed by atoms with Crippen LogP contribution in [0, 0.1) is 0 Å². The molecule has 1 aliphatic rings. The summed E-state index contributed by atoms with van der Waals surface area (Å²) in [6.07, 6.45) is 0.875. The number of fused-ring (bicyclic) bond motifs is 1. The van der Waals surface area contributed by atoms with Crippen LogP contribution >= 0.6 is 0 Å². The first-order valence-electron chi connectivity index (χ1n) is 11.9. The van der Waals surface area contributed by atoms with Gasteiger partial charge in [0.2, 0.25) is 11.8 Å². The Morgan fingerprint density at radius 3 is 2.11 bits per heavy atom. The summed E-state index contributed by atoms with van der Waals surface area (Å²) in [6, 6.07) is 13.4. The van der Waals surface area contributed by atoms with Crippen LogP contribution in [0.3, 0.4) is 0 Å². The third kappa shape index (κ3) is 6.07. The highest BCUT2D eigenvalue weighted by atomic mass is 16.5. The van der Waals surface area contributed by atoms with Gasteiger partial charge in [0.1, 0.15) is 11.8 Å². The maximum Gasteiger partial charge on any atom is 0.261 e. The highest BCUT2D eigenvalue weighted by Gasteiger charge is 2.35. The van der Waals surface area contributed by atoms with Crippen molar-refractivity contribution in [2.24, 2.45) is 0 Å². The van der Waals surface area contributed by atoms with E-state index in [4.69, 9.17) is 4.74 Å². The average Bonchev–Trinajstić information content (AvgIpc) is 3.08. The Labute approximate surface area is 206 Å². The van der Waals surface area contributed by atoms with Gasteiger partial charge in [0, 0.05) is 25.6 Å². The van der Waals surface area contributed by atoms with E-state index in [2.05, 4.69) is 5.32 Å². The number of nitrogens with one attached hydrogen (secondary N) is 1. The van der Waals surface area contributed by atoms with Crippen molar-refractivity contribution >= 4 is 23.6 Å². The zero-order chi connectivity index (χ0) is 25.5. The van der Waals surface area contributed by atoms with Gasteiger partial charge < -0.3 is 15.0 Å². The molecule has 0 fully saturated rings. The highest BCUT2D eigenvalue weighted by Crippen LogP contribution is 2.23. The molecule has 0 saturated carbocycles. The van der Waals surface area contributed by atoms with Crippen LogP contribution in [0.5, 0.6) is 5.75 Å². The third-order valence-electron chi connectivity index (χ3n) is 5.98. The van der Waals surface area contributed by atoms with Crippen molar-refractivity contribution in [3.63, 3.8) is 0 Å². The second-order valence-electron chi connectivity index (χ2n) is 8.87. The Bertz CT molecular complexity index is 1050. The number of hydrogen-bond donors (Lipinski definition) is 1. The second-order valence-corrected chi connectivity index (χ2v) is 8.87. The predicted octanol–water partition coefficient (Wildman–Crippen LogP) is 3.40. The number of amides is 4. The average molecular weight is 480 g/mol. The number of nitrogens with zero attached hydrogens (tertiary/aromatic N) is 2. The number of carbonyl (C=O) groups excluding carboxylic acids is 4. The second kappa shape index (κ2) is 11.6. The normalized spacial score (nSPS) is 13.6. The Balaban J connectivity index is 1.71. The lowest BCUT2D eigenvalue weighted by atomic mass is 10.1. The molecule has 8 heteroatoms. The Morgan fingerprint density at radius 1 is 1.00 bits per heavy atom. The molecule has 4 amide bonds. The number of hydrogen-bond acceptors (Lipinski definition) is 5. The van der Waals surface area contributed by atoms with Crippen molar-refractivity contribution in [2.45, 2.75) is 58.7 Å². The predicted molar refractivity (Wildman–Crippen MR) is 132 cm³/mol. The van der Waals surface area contributed by atoms with Crippen LogP contribution in [-0.2, 0) is 16.1 Å². The van der Waals surface area contributed by atoms with E-state index in [1.807, 2.05) is 45.0 Å². The van der Waals surface area contributed by atoms with Gasteiger partial charge in [-0.15, -0.1) is 0 Å². The number of imide groups is 1. The third-order valence-corrected chi connectivity index (χ3v) is 5.98. The molecule has 0 saturated heterocycles. The minimum absolute atomic E-state index is 0.0525. The molecule has 0 radical (unpaired) electrons. The molecule has 0 bridgehead atoms. The highest BCUT2D eigenvalue weighted by molar-refractivity contribution is 6.21. The molecule has 186 valence electrons. The molecule has 0 aromatic heterocycles. The van der Waals surface area contributed by atoms with Crippen molar-refractivity contribution in [3.8, 4) is 5.75 Å². The summed E-state index contributed by atoms with van der Waals surface area (Å²) in [5.74, 6) is -0.378. The van der Waals surface area contributed by atoms with Crippen molar-refractivity contribution in [1.82, 2.24) is 15.1 Å². The van der Waals surface area contributed by atoms with Crippen molar-refractivity contribution < 1.29 is 23.9 Å². The van der Waals surface area contributed by atoms with Crippen molar-refractivity contribution in [3.05, 3.63) is 65.2 Å². The molecule has 35 heavy (non-hydrogen) atoms. The van der Waals surface area contributed by atoms with Crippen LogP contribution < -0.4 is 10.1 Å². The lowest BCUT2D eigenvalue weighted by Gasteiger charge is -2.31. The molecule has 2 aromatic carbocycles. The van der Waals surface area contributed by atoms with Crippen molar-refractivity contribution in [1.29, 1.82) is 0 Å². The quantitative estimate of drug-likeness (QED) is 0.499. The fourth-order valence-electron chi connectivity index (χ4n) is 4.20. The first-order valence-corrected chi connectivity index (χ1v) is 11.9. The number of methoxy groups -OCH3 is 1. The molecule has 3 rings (SSSR count). The lowest BCUT2D eigenvalue weighted by Crippen LogP contribution is -2.50. The molecule has 1 aliphatic heterocycles. The molecular formula is C27H33N3O5. The van der Waals surface area contributed by atoms with E-state index in [-0.39, 0.29) is 49.2 Å². The molecular weight excluding hydrogens is 446 g/mol. The van der Waals surface area contributed by atoms with Gasteiger partial charge in [0.25, 0.3) is 11.8 Å². The molecule has 2 aromatic rings. The van der Waals surface area contributed by atoms with E-state index in [0.29, 0.717) is 29.7 Å². The van der Waals surface area contributed by atoms with E-state index < -0.39 is 6.04 Å². The van der Waals surface area contributed by atoms with E-state index in [1.54, 1.807) is 36.3 Å². The van der Waals surface area contributed by atoms with E-state index in [9.17, 15) is 19.2 Å². The molecule has 1 N–H and O–H groups in total. The summed E-state index contributed by atoms with van der Waals surface area (Å²) in [5, 5.41) is 2.91. The van der Waals surface area contributed by atoms with Gasteiger partial charge in [0.15, 0.2) is 0 Å². The number of benzene rings is 2. The topological polar surface area (TPSA) is 96.0 Å². The Kier molecular flexibility index (Phi) is 8.63. The van der Waals surface area contributed by atoms with Crippen LogP contribution in [0.25, 0.3) is 0 Å². The molecule has 0 unspecified atom stereocenters. The summed E-state index contributed by atoms with van der Waals surface area (Å²) in [6.45, 7) is 6.03. The molecule has 0 spiro atoms. The van der Waals surface area contributed by atoms with Gasteiger partial charge in [0.05, 0.1) is 18.2 Å². The van der Waals surface area contributed by atoms with E-state index >= 15 is 0 Å². The Hall–Kier alpha value is -3.68. The van der Waals surface area contributed by atoms with Gasteiger partial charge in [-0.2, -0.15) is 0 Å². The van der Waals surface area contributed by atoms with E-state index in [0.717, 1.165) is 5.56 Å². The molecule has 1 atom stereocenters. The first-order chi connectivity index (χ1) is 16.8. The van der Waals surface area contributed by atoms with E-state index in [1.165, 1.54) is 4.90 Å². The fourth-order valence-corrected chi connectivity index (χ4v) is 4.20. The summed E-state index contributed by atoms with van der Waals surface area (Å²) < 4.78 is 5.21. The van der Waals surface area contributed by atoms with Gasteiger partial charge in [-0.25, -0.2) is 0 Å². The summed E-state index contributed by atoms with van der Waals surface area (Å²) in [4.78, 5) is 54.2. The SMILES string of the molecule is CC[C@H](C(=O)NC(C)C)N(Cc1ccc(OC)cc1)C(=O)CCCN1C(=O)c2ccccc2C1=O. The summed E-state index contributed by atoms with van der Waals surface area (Å²) in [7, 11) is 1.59. The smallest absolute Gasteiger partial charge is 0.261 e. The summed E-state index contributed by atoms with van der Waals surface area (Å²) >= 11 is 0. The van der Waals surface area contributed by atoms with Gasteiger partial charge in [-0.1, -0.05) is 31.2 Å². The largest absolute Gasteiger partial charge is 0.497 e. The monoisotopic (exact) mass is 479 g/mol. The van der Waals surface area contributed by atoms with Crippen LogP contribution in [0.1, 0.15) is 66.3 Å². The number of ether oxygens (including phenoxy) is 1. The van der Waals surface area contributed by atoms with Gasteiger partial charge in [-0.3, -0.25) is 24.1 Å². The maximum absolute atomic E-state index is 13.3. The standard InChI is InChI=1S/C27H33N3O5/c1-5-23(25(32)28-18(2)3)30(17-19-12-14-20(35-4)15-13-19)24(31)11-8-16-29-26(33)21-9-6-7-10-22(21)27(29)34/h6-7,9-10,12-15,18,23H,5,8,11,16-17H2,1-4H3,(H,28,32)/t23-/m1/s1. The molecule has 8 nitrogen and oxygen atoms in total. The minimum atomic E-state index is -0.633. The Morgan fingerprint density at radius 2 is 1.60 bits per heavy atom. The lowest BCUT2D eigenvalue weighted by molar-refractivity contribution is -0.141. The van der Waals surface area contributed by atoms with Crippen LogP contribution in [0.15, 0.2) is 48.5 Å². The zero-order valence-corrected chi connectivity index (χ0v) is 20.7. The van der Waals surface area contributed by atoms with Crippen molar-refractivity contribution in [2.75, 3.05) is 13.7 Å². The molecule has 1 heterocycles. The summed E-state index contributed by atoms with van der Waals surface area (Å²) in [5.41, 5.74) is 1.65. The molecule has 0 aliphatic carbocycles. The van der Waals surface area contributed by atoms with Crippen LogP contribution in [0.2, 0.25) is 0 Å². The fraction of sp³-hybridized carbons (Fsp3) is 0.407. The number of carbonyl (C=O) groups is 4.